The molecule has 154 valence electrons. The molecular formula is C15H25FN3O7P. The summed E-state index contributed by atoms with van der Waals surface area (Å²) < 4.78 is 38.4. The van der Waals surface area contributed by atoms with Crippen LogP contribution in [0.2, 0.25) is 0 Å². The standard InChI is InChI=1S/C15H25FN3O7P/c1-8(2)9(3)18-27(4,24)25-7-15(16)12(22)11(21)13(26-15)19-6-5-10(20)17-14(19)23/h5-6,8-9,11-13,21-22H,7H2,1-4H3,(H,18,24)(H,17,20,23)/t9-,11?,12-,13+,15+,27?/m0/s1. The Hall–Kier alpha value is -1.36. The van der Waals surface area contributed by atoms with Gasteiger partial charge < -0.3 is 19.5 Å². The van der Waals surface area contributed by atoms with Crippen molar-refractivity contribution in [1.29, 1.82) is 0 Å². The molecule has 1 aliphatic rings. The molecule has 0 amide bonds. The van der Waals surface area contributed by atoms with Gasteiger partial charge in [0, 0.05) is 25.0 Å². The van der Waals surface area contributed by atoms with Gasteiger partial charge >= 0.3 is 5.69 Å². The van der Waals surface area contributed by atoms with Crippen LogP contribution in [0.4, 0.5) is 4.39 Å². The molecule has 1 aromatic heterocycles. The number of aliphatic hydroxyl groups excluding tert-OH is 2. The van der Waals surface area contributed by atoms with E-state index in [0.29, 0.717) is 0 Å². The highest BCUT2D eigenvalue weighted by molar-refractivity contribution is 7.56. The number of hydrogen-bond donors (Lipinski definition) is 4. The molecule has 0 bridgehead atoms. The average molecular weight is 409 g/mol. The molecule has 1 aliphatic heterocycles. The van der Waals surface area contributed by atoms with Crippen molar-refractivity contribution in [3.05, 3.63) is 33.1 Å². The molecule has 2 unspecified atom stereocenters. The van der Waals surface area contributed by atoms with Gasteiger partial charge in [0.1, 0.15) is 18.8 Å². The van der Waals surface area contributed by atoms with Crippen molar-refractivity contribution >= 4 is 7.52 Å². The maximum atomic E-state index is 15.0. The lowest BCUT2D eigenvalue weighted by Crippen LogP contribution is -2.43. The molecule has 12 heteroatoms. The number of aliphatic hydroxyl groups is 2. The fourth-order valence-corrected chi connectivity index (χ4v) is 4.02. The Labute approximate surface area is 154 Å². The van der Waals surface area contributed by atoms with Crippen molar-refractivity contribution in [2.24, 2.45) is 5.92 Å². The highest BCUT2D eigenvalue weighted by Gasteiger charge is 2.57. The summed E-state index contributed by atoms with van der Waals surface area (Å²) in [5.74, 6) is -2.76. The summed E-state index contributed by atoms with van der Waals surface area (Å²) in [5.41, 5.74) is -1.63. The minimum atomic E-state index is -3.43. The number of alkyl halides is 1. The Morgan fingerprint density at radius 3 is 2.63 bits per heavy atom. The average Bonchev–Trinajstić information content (AvgIpc) is 2.78. The fraction of sp³-hybridized carbons (Fsp3) is 0.733. The number of hydrogen-bond acceptors (Lipinski definition) is 7. The monoisotopic (exact) mass is 409 g/mol. The first kappa shape index (κ1) is 21.9. The summed E-state index contributed by atoms with van der Waals surface area (Å²) in [6.45, 7) is 5.92. The molecular weight excluding hydrogens is 384 g/mol. The quantitative estimate of drug-likeness (QED) is 0.458. The van der Waals surface area contributed by atoms with Gasteiger partial charge in [0.05, 0.1) is 0 Å². The van der Waals surface area contributed by atoms with Crippen LogP contribution in [-0.2, 0) is 13.8 Å². The molecule has 0 saturated carbocycles. The number of aromatic amines is 1. The molecule has 10 nitrogen and oxygen atoms in total. The molecule has 0 radical (unpaired) electrons. The highest BCUT2D eigenvalue weighted by Crippen LogP contribution is 2.44. The topological polar surface area (TPSA) is 143 Å². The van der Waals surface area contributed by atoms with Crippen molar-refractivity contribution in [3.63, 3.8) is 0 Å². The SMILES string of the molecule is CC(C)[C@H](C)NP(C)(=O)OC[C@@]1(F)O[C@@H](n2ccc(=O)[nH]c2=O)C(O)[C@@H]1O. The van der Waals surface area contributed by atoms with E-state index < -0.39 is 49.7 Å². The van der Waals surface area contributed by atoms with E-state index in [1.54, 1.807) is 6.92 Å². The van der Waals surface area contributed by atoms with Crippen LogP contribution < -0.4 is 16.3 Å². The Morgan fingerprint density at radius 1 is 1.44 bits per heavy atom. The van der Waals surface area contributed by atoms with E-state index >= 15 is 4.39 Å². The van der Waals surface area contributed by atoms with Gasteiger partial charge in [0.15, 0.2) is 6.23 Å². The zero-order valence-corrected chi connectivity index (χ0v) is 16.4. The smallest absolute Gasteiger partial charge is 0.330 e. The van der Waals surface area contributed by atoms with Crippen LogP contribution in [0.25, 0.3) is 0 Å². The molecule has 0 aliphatic carbocycles. The van der Waals surface area contributed by atoms with Gasteiger partial charge in [0.25, 0.3) is 18.9 Å². The van der Waals surface area contributed by atoms with Gasteiger partial charge in [0.2, 0.25) is 0 Å². The lowest BCUT2D eigenvalue weighted by Gasteiger charge is -2.27. The van der Waals surface area contributed by atoms with E-state index in [1.807, 2.05) is 18.8 Å². The minimum Gasteiger partial charge on any atom is -0.385 e. The molecule has 27 heavy (non-hydrogen) atoms. The summed E-state index contributed by atoms with van der Waals surface area (Å²) in [6.07, 6.45) is -4.48. The predicted molar refractivity (Wildman–Crippen MR) is 94.2 cm³/mol. The number of H-pyrrole nitrogens is 1. The van der Waals surface area contributed by atoms with Crippen LogP contribution in [0.3, 0.4) is 0 Å². The van der Waals surface area contributed by atoms with Gasteiger partial charge in [-0.25, -0.2) is 14.3 Å². The summed E-state index contributed by atoms with van der Waals surface area (Å²) in [4.78, 5) is 24.9. The number of aromatic nitrogens is 2. The first-order valence-corrected chi connectivity index (χ1v) is 10.5. The number of nitrogens with zero attached hydrogens (tertiary/aromatic N) is 1. The number of halogens is 1. The van der Waals surface area contributed by atoms with Crippen molar-refractivity contribution < 1.29 is 28.4 Å². The third-order valence-electron chi connectivity index (χ3n) is 4.45. The second kappa shape index (κ2) is 7.94. The normalized spacial score (nSPS) is 31.8. The van der Waals surface area contributed by atoms with Crippen molar-refractivity contribution in [2.75, 3.05) is 13.3 Å². The largest absolute Gasteiger partial charge is 0.385 e. The Kier molecular flexibility index (Phi) is 6.45. The van der Waals surface area contributed by atoms with Crippen molar-refractivity contribution in [2.45, 2.75) is 51.1 Å². The van der Waals surface area contributed by atoms with Crippen LogP contribution in [0, 0.1) is 5.92 Å². The Bertz CT molecular complexity index is 828. The first-order chi connectivity index (χ1) is 12.4. The zero-order chi connectivity index (χ0) is 20.6. The van der Waals surface area contributed by atoms with Crippen molar-refractivity contribution in [3.8, 4) is 0 Å². The molecule has 1 fully saturated rings. The van der Waals surface area contributed by atoms with Crippen LogP contribution in [0.5, 0.6) is 0 Å². The summed E-state index contributed by atoms with van der Waals surface area (Å²) in [6, 6.07) is 0.805. The molecule has 6 atom stereocenters. The second-order valence-corrected chi connectivity index (χ2v) is 9.24. The lowest BCUT2D eigenvalue weighted by atomic mass is 10.1. The predicted octanol–water partition coefficient (Wildman–Crippen LogP) is -0.0734. The van der Waals surface area contributed by atoms with Crippen molar-refractivity contribution in [1.82, 2.24) is 14.6 Å². The van der Waals surface area contributed by atoms with Gasteiger partial charge in [-0.1, -0.05) is 13.8 Å². The second-order valence-electron chi connectivity index (χ2n) is 7.03. The molecule has 2 rings (SSSR count). The molecule has 0 spiro atoms. The van der Waals surface area contributed by atoms with E-state index in [1.165, 1.54) is 6.66 Å². The summed E-state index contributed by atoms with van der Waals surface area (Å²) >= 11 is 0. The van der Waals surface area contributed by atoms with E-state index in [4.69, 9.17) is 9.26 Å². The van der Waals surface area contributed by atoms with Gasteiger partial charge in [-0.15, -0.1) is 0 Å². The maximum Gasteiger partial charge on any atom is 0.330 e. The van der Waals surface area contributed by atoms with E-state index in [9.17, 15) is 24.4 Å². The Morgan fingerprint density at radius 2 is 2.07 bits per heavy atom. The highest BCUT2D eigenvalue weighted by atomic mass is 31.2. The number of nitrogens with one attached hydrogen (secondary N) is 2. The van der Waals surface area contributed by atoms with Gasteiger partial charge in [-0.3, -0.25) is 18.9 Å². The lowest BCUT2D eigenvalue weighted by molar-refractivity contribution is -0.203. The van der Waals surface area contributed by atoms with Gasteiger partial charge in [-0.2, -0.15) is 0 Å². The van der Waals surface area contributed by atoms with Crippen LogP contribution in [0.15, 0.2) is 21.9 Å². The van der Waals surface area contributed by atoms with E-state index in [0.717, 1.165) is 16.8 Å². The third kappa shape index (κ3) is 4.92. The minimum absolute atomic E-state index is 0.146. The number of ether oxygens (including phenoxy) is 1. The molecule has 4 N–H and O–H groups in total. The molecule has 0 aromatic carbocycles. The maximum absolute atomic E-state index is 15.0. The number of rotatable bonds is 7. The first-order valence-electron chi connectivity index (χ1n) is 8.40. The molecule has 1 aromatic rings. The van der Waals surface area contributed by atoms with E-state index in [-0.39, 0.29) is 12.0 Å². The van der Waals surface area contributed by atoms with Crippen LogP contribution in [-0.4, -0.2) is 57.1 Å². The summed E-state index contributed by atoms with van der Waals surface area (Å²) in [5, 5.41) is 22.9. The molecule has 1 saturated heterocycles. The fourth-order valence-electron chi connectivity index (χ4n) is 2.49. The van der Waals surface area contributed by atoms with Crippen LogP contribution >= 0.6 is 7.52 Å². The Balaban J connectivity index is 2.14. The van der Waals surface area contributed by atoms with Crippen LogP contribution in [0.1, 0.15) is 27.0 Å². The zero-order valence-electron chi connectivity index (χ0n) is 15.5. The van der Waals surface area contributed by atoms with Gasteiger partial charge in [-0.05, 0) is 12.8 Å². The summed E-state index contributed by atoms with van der Waals surface area (Å²) in [7, 11) is -3.43. The molecule has 2 heterocycles. The van der Waals surface area contributed by atoms with E-state index in [2.05, 4.69) is 5.09 Å². The third-order valence-corrected chi connectivity index (χ3v) is 5.94.